The Hall–Kier alpha value is -1.42. The van der Waals surface area contributed by atoms with Crippen LogP contribution in [0.1, 0.15) is 91.9 Å². The third-order valence-corrected chi connectivity index (χ3v) is 4.14. The number of hydrogen-bond donors (Lipinski definition) is 1. The number of carbonyl (C=O) groups excluding carboxylic acids is 1. The van der Waals surface area contributed by atoms with Gasteiger partial charge in [0.2, 0.25) is 0 Å². The van der Waals surface area contributed by atoms with Crippen LogP contribution >= 0.6 is 0 Å². The molecule has 2 atom stereocenters. The van der Waals surface area contributed by atoms with E-state index in [1.165, 1.54) is 25.7 Å². The highest BCUT2D eigenvalue weighted by Crippen LogP contribution is 2.20. The summed E-state index contributed by atoms with van der Waals surface area (Å²) in [7, 11) is 3.25. The van der Waals surface area contributed by atoms with Crippen molar-refractivity contribution in [1.82, 2.24) is 0 Å². The van der Waals surface area contributed by atoms with Crippen molar-refractivity contribution in [2.75, 3.05) is 14.2 Å². The van der Waals surface area contributed by atoms with E-state index >= 15 is 0 Å². The molecule has 0 saturated heterocycles. The normalized spacial score (nSPS) is 12.6. The van der Waals surface area contributed by atoms with Crippen LogP contribution in [0.5, 0.6) is 0 Å². The Labute approximate surface area is 174 Å². The van der Waals surface area contributed by atoms with E-state index in [1.54, 1.807) is 14.2 Å². The molecule has 0 rings (SSSR count). The highest BCUT2D eigenvalue weighted by atomic mass is 16.4. The number of unbranched alkanes of at least 4 members (excludes halogenated alkanes) is 5. The summed E-state index contributed by atoms with van der Waals surface area (Å²) in [5, 5.41) is 8.57. The largest absolute Gasteiger partial charge is 0.481 e. The maximum absolute atomic E-state index is 11.3. The zero-order chi connectivity index (χ0) is 22.0. The monoisotopic (exact) mass is 398 g/mol. The maximum Gasteiger partial charge on any atom is 0.303 e. The number of rotatable bonds is 15. The van der Waals surface area contributed by atoms with Crippen molar-refractivity contribution in [3.63, 3.8) is 0 Å². The fourth-order valence-electron chi connectivity index (χ4n) is 2.62. The van der Waals surface area contributed by atoms with Crippen molar-refractivity contribution in [3.05, 3.63) is 24.3 Å². The van der Waals surface area contributed by atoms with Crippen LogP contribution < -0.4 is 0 Å². The van der Waals surface area contributed by atoms with Gasteiger partial charge in [0.15, 0.2) is 0 Å². The Morgan fingerprint density at radius 1 is 0.929 bits per heavy atom. The fraction of sp³-hybridized carbons (Fsp3) is 0.750. The summed E-state index contributed by atoms with van der Waals surface area (Å²) in [6.45, 7) is 8.34. The smallest absolute Gasteiger partial charge is 0.303 e. The highest BCUT2D eigenvalue weighted by Gasteiger charge is 2.15. The van der Waals surface area contributed by atoms with Crippen molar-refractivity contribution >= 4 is 12.3 Å². The highest BCUT2D eigenvalue weighted by molar-refractivity contribution is 5.66. The zero-order valence-corrected chi connectivity index (χ0v) is 19.3. The molecule has 0 bridgehead atoms. The molecule has 0 radical (unpaired) electrons. The molecule has 0 aromatic rings. The van der Waals surface area contributed by atoms with Crippen LogP contribution in [-0.4, -0.2) is 31.6 Å². The van der Waals surface area contributed by atoms with Crippen LogP contribution in [0, 0.1) is 11.8 Å². The van der Waals surface area contributed by atoms with E-state index in [0.29, 0.717) is 12.3 Å². The summed E-state index contributed by atoms with van der Waals surface area (Å²) in [5.41, 5.74) is 0. The van der Waals surface area contributed by atoms with Crippen LogP contribution in [0.15, 0.2) is 24.3 Å². The fourth-order valence-corrected chi connectivity index (χ4v) is 2.62. The van der Waals surface area contributed by atoms with E-state index in [4.69, 9.17) is 5.11 Å². The lowest BCUT2D eigenvalue weighted by Gasteiger charge is -2.16. The summed E-state index contributed by atoms with van der Waals surface area (Å²) < 4.78 is 4.25. The first-order chi connectivity index (χ1) is 13.6. The van der Waals surface area contributed by atoms with Crippen LogP contribution in [0.25, 0.3) is 0 Å². The molecule has 0 aromatic carbocycles. The Bertz CT molecular complexity index is 375. The molecule has 4 nitrogen and oxygen atoms in total. The van der Waals surface area contributed by atoms with Crippen molar-refractivity contribution in [2.45, 2.75) is 91.9 Å². The summed E-state index contributed by atoms with van der Waals surface area (Å²) in [6, 6.07) is 0. The van der Waals surface area contributed by atoms with Gasteiger partial charge < -0.3 is 14.6 Å². The molecule has 0 aliphatic heterocycles. The quantitative estimate of drug-likeness (QED) is 0.186. The standard InChI is InChI=1S/C20H34O3.C2H6O.C2H6/c1-3-5-6-7-8-11-14-18(4-2)19(17-21)15-12-9-10-13-16-20(22)23;1-3-2;1-2/h9,11-12,14,17-19H,3-8,10,13,15-16H2,1-2H3,(H,22,23);1-2H3;1-2H3/b12-9-,14-11+;;/t18-,19+;;/m1../s1. The molecular weight excluding hydrogens is 352 g/mol. The second-order valence-electron chi connectivity index (χ2n) is 6.55. The van der Waals surface area contributed by atoms with E-state index < -0.39 is 5.97 Å². The summed E-state index contributed by atoms with van der Waals surface area (Å²) in [5.74, 6) is -0.413. The number of ether oxygens (including phenoxy) is 1. The van der Waals surface area contributed by atoms with Gasteiger partial charge in [0.25, 0.3) is 0 Å². The molecule has 0 fully saturated rings. The lowest BCUT2D eigenvalue weighted by molar-refractivity contribution is -0.137. The maximum atomic E-state index is 11.3. The van der Waals surface area contributed by atoms with Gasteiger partial charge in [-0.3, -0.25) is 4.79 Å². The van der Waals surface area contributed by atoms with Gasteiger partial charge in [0.05, 0.1) is 0 Å². The molecule has 4 heteroatoms. The lowest BCUT2D eigenvalue weighted by Crippen LogP contribution is -2.12. The average molecular weight is 399 g/mol. The van der Waals surface area contributed by atoms with Crippen LogP contribution in [0.3, 0.4) is 0 Å². The van der Waals surface area contributed by atoms with Gasteiger partial charge in [-0.15, -0.1) is 0 Å². The van der Waals surface area contributed by atoms with Gasteiger partial charge in [0.1, 0.15) is 6.29 Å². The predicted octanol–water partition coefficient (Wildman–Crippen LogP) is 6.84. The van der Waals surface area contributed by atoms with Crippen LogP contribution in [-0.2, 0) is 14.3 Å². The van der Waals surface area contributed by atoms with E-state index in [1.807, 2.05) is 26.0 Å². The van der Waals surface area contributed by atoms with E-state index in [-0.39, 0.29) is 12.3 Å². The van der Waals surface area contributed by atoms with E-state index in [9.17, 15) is 9.59 Å². The minimum Gasteiger partial charge on any atom is -0.481 e. The van der Waals surface area contributed by atoms with Gasteiger partial charge in [-0.2, -0.15) is 0 Å². The molecule has 166 valence electrons. The Morgan fingerprint density at radius 2 is 1.54 bits per heavy atom. The number of carboxylic acid groups (broad SMARTS) is 1. The molecule has 0 aliphatic carbocycles. The molecule has 0 spiro atoms. The molecule has 0 unspecified atom stereocenters. The van der Waals surface area contributed by atoms with E-state index in [2.05, 4.69) is 30.7 Å². The number of aliphatic carboxylic acids is 1. The number of hydrogen-bond acceptors (Lipinski definition) is 3. The second-order valence-corrected chi connectivity index (χ2v) is 6.55. The van der Waals surface area contributed by atoms with Gasteiger partial charge in [-0.25, -0.2) is 0 Å². The molecule has 0 saturated carbocycles. The van der Waals surface area contributed by atoms with Crippen LogP contribution in [0.4, 0.5) is 0 Å². The molecule has 0 amide bonds. The molecule has 0 aliphatic rings. The molecule has 0 heterocycles. The SMILES string of the molecule is CC.CCCCCC/C=C/[C@@H](CC)[C@H](C=O)C/C=C\CCCC(=O)O.COC. The Kier molecular flexibility index (Phi) is 31.1. The van der Waals surface area contributed by atoms with Gasteiger partial charge in [0, 0.05) is 26.6 Å². The topological polar surface area (TPSA) is 63.6 Å². The summed E-state index contributed by atoms with van der Waals surface area (Å²) in [4.78, 5) is 21.8. The van der Waals surface area contributed by atoms with Crippen molar-refractivity contribution in [3.8, 4) is 0 Å². The first kappa shape index (κ1) is 31.3. The first-order valence-electron chi connectivity index (χ1n) is 11.0. The molecule has 1 N–H and O–H groups in total. The first-order valence-corrected chi connectivity index (χ1v) is 11.0. The Balaban J connectivity index is -0.00000113. The lowest BCUT2D eigenvalue weighted by atomic mass is 9.87. The third kappa shape index (κ3) is 24.6. The minimum absolute atomic E-state index is 0.0302. The van der Waals surface area contributed by atoms with Crippen molar-refractivity contribution in [2.24, 2.45) is 11.8 Å². The number of methoxy groups -OCH3 is 1. The average Bonchev–Trinajstić information content (AvgIpc) is 2.69. The second kappa shape index (κ2) is 27.8. The minimum atomic E-state index is -0.751. The van der Waals surface area contributed by atoms with E-state index in [0.717, 1.165) is 32.0 Å². The van der Waals surface area contributed by atoms with Gasteiger partial charge in [-0.05, 0) is 44.4 Å². The number of aldehydes is 1. The Morgan fingerprint density at radius 3 is 2.04 bits per heavy atom. The molecule has 0 aromatic heterocycles. The number of carbonyl (C=O) groups is 2. The number of allylic oxidation sites excluding steroid dienone is 4. The van der Waals surface area contributed by atoms with Crippen molar-refractivity contribution in [1.29, 1.82) is 0 Å². The summed E-state index contributed by atoms with van der Waals surface area (Å²) in [6.07, 6.45) is 19.1. The van der Waals surface area contributed by atoms with Gasteiger partial charge >= 0.3 is 5.97 Å². The third-order valence-electron chi connectivity index (χ3n) is 4.14. The predicted molar refractivity (Wildman–Crippen MR) is 121 cm³/mol. The summed E-state index contributed by atoms with van der Waals surface area (Å²) >= 11 is 0. The zero-order valence-electron chi connectivity index (χ0n) is 19.3. The molecular formula is C24H46O4. The van der Waals surface area contributed by atoms with Crippen LogP contribution in [0.2, 0.25) is 0 Å². The van der Waals surface area contributed by atoms with Gasteiger partial charge in [-0.1, -0.05) is 71.3 Å². The molecule has 28 heavy (non-hydrogen) atoms. The van der Waals surface area contributed by atoms with Crippen molar-refractivity contribution < 1.29 is 19.4 Å². The number of carboxylic acids is 1.